The molecule has 1 N–H and O–H groups in total. The zero-order valence-electron chi connectivity index (χ0n) is 11.1. The predicted molar refractivity (Wildman–Crippen MR) is 73.1 cm³/mol. The molecule has 0 aromatic rings. The Morgan fingerprint density at radius 3 is 2.78 bits per heavy atom. The molecule has 2 atom stereocenters. The van der Waals surface area contributed by atoms with E-state index in [0.29, 0.717) is 25.5 Å². The summed E-state index contributed by atoms with van der Waals surface area (Å²) in [5.74, 6) is 0.409. The number of piperidine rings is 1. The zero-order valence-corrected chi connectivity index (χ0v) is 12.6. The molecule has 1 aliphatic heterocycles. The average molecular weight is 299 g/mol. The molecule has 2 unspecified atom stereocenters. The van der Waals surface area contributed by atoms with Crippen LogP contribution in [0.1, 0.15) is 32.6 Å². The van der Waals surface area contributed by atoms with Crippen molar-refractivity contribution in [3.63, 3.8) is 0 Å². The fourth-order valence-electron chi connectivity index (χ4n) is 2.22. The first-order chi connectivity index (χ1) is 8.51. The van der Waals surface area contributed by atoms with Crippen molar-refractivity contribution in [2.75, 3.05) is 26.1 Å². The van der Waals surface area contributed by atoms with Gasteiger partial charge in [0.05, 0.1) is 6.61 Å². The summed E-state index contributed by atoms with van der Waals surface area (Å²) in [4.78, 5) is 0. The van der Waals surface area contributed by atoms with Gasteiger partial charge in [0.25, 0.3) is 10.2 Å². The molecular weight excluding hydrogens is 276 g/mol. The largest absolute Gasteiger partial charge is 0.383 e. The SMILES string of the molecule is COCC(CCCl)NS(=O)(=O)N1CCCCC1C. The lowest BCUT2D eigenvalue weighted by Crippen LogP contribution is -2.51. The molecule has 7 heteroatoms. The van der Waals surface area contributed by atoms with Crippen LogP contribution in [-0.2, 0) is 14.9 Å². The van der Waals surface area contributed by atoms with Gasteiger partial charge in [0.2, 0.25) is 0 Å². The Bertz CT molecular complexity index is 331. The summed E-state index contributed by atoms with van der Waals surface area (Å²) >= 11 is 5.67. The summed E-state index contributed by atoms with van der Waals surface area (Å²) in [7, 11) is -1.88. The number of methoxy groups -OCH3 is 1. The molecule has 0 bridgehead atoms. The Balaban J connectivity index is 2.66. The van der Waals surface area contributed by atoms with E-state index in [9.17, 15) is 8.42 Å². The fourth-order valence-corrected chi connectivity index (χ4v) is 4.17. The van der Waals surface area contributed by atoms with E-state index in [4.69, 9.17) is 16.3 Å². The van der Waals surface area contributed by atoms with Gasteiger partial charge in [-0.2, -0.15) is 17.4 Å². The smallest absolute Gasteiger partial charge is 0.280 e. The molecule has 1 rings (SSSR count). The summed E-state index contributed by atoms with van der Waals surface area (Å²) in [6.45, 7) is 2.89. The van der Waals surface area contributed by atoms with E-state index in [2.05, 4.69) is 4.72 Å². The molecular formula is C11H23ClN2O3S. The van der Waals surface area contributed by atoms with E-state index in [1.165, 1.54) is 0 Å². The Morgan fingerprint density at radius 1 is 1.50 bits per heavy atom. The van der Waals surface area contributed by atoms with Crippen LogP contribution >= 0.6 is 11.6 Å². The van der Waals surface area contributed by atoms with E-state index in [1.54, 1.807) is 11.4 Å². The summed E-state index contributed by atoms with van der Waals surface area (Å²) in [6, 6.07) is -0.193. The van der Waals surface area contributed by atoms with Gasteiger partial charge in [0.1, 0.15) is 0 Å². The van der Waals surface area contributed by atoms with Crippen molar-refractivity contribution in [3.8, 4) is 0 Å². The Kier molecular flexibility index (Phi) is 6.87. The van der Waals surface area contributed by atoms with Crippen LogP contribution in [0, 0.1) is 0 Å². The molecule has 108 valence electrons. The van der Waals surface area contributed by atoms with Crippen LogP contribution in [0.5, 0.6) is 0 Å². The van der Waals surface area contributed by atoms with Crippen molar-refractivity contribution in [2.45, 2.75) is 44.7 Å². The van der Waals surface area contributed by atoms with E-state index in [-0.39, 0.29) is 12.1 Å². The minimum absolute atomic E-state index is 0.0652. The maximum absolute atomic E-state index is 12.3. The number of ether oxygens (including phenoxy) is 1. The molecule has 0 aliphatic carbocycles. The second kappa shape index (κ2) is 7.65. The number of nitrogens with one attached hydrogen (secondary N) is 1. The molecule has 0 aromatic heterocycles. The van der Waals surface area contributed by atoms with Crippen molar-refractivity contribution < 1.29 is 13.2 Å². The molecule has 1 aliphatic rings. The number of hydrogen-bond donors (Lipinski definition) is 1. The van der Waals surface area contributed by atoms with Crippen molar-refractivity contribution in [1.82, 2.24) is 9.03 Å². The zero-order chi connectivity index (χ0) is 13.6. The van der Waals surface area contributed by atoms with Crippen molar-refractivity contribution >= 4 is 21.8 Å². The van der Waals surface area contributed by atoms with Gasteiger partial charge in [-0.3, -0.25) is 0 Å². The summed E-state index contributed by atoms with van der Waals surface area (Å²) in [5.41, 5.74) is 0. The van der Waals surface area contributed by atoms with E-state index >= 15 is 0 Å². The maximum Gasteiger partial charge on any atom is 0.280 e. The average Bonchev–Trinajstić information content (AvgIpc) is 2.29. The number of nitrogens with zero attached hydrogens (tertiary/aromatic N) is 1. The second-order valence-electron chi connectivity index (χ2n) is 4.71. The van der Waals surface area contributed by atoms with Crippen LogP contribution in [-0.4, -0.2) is 50.9 Å². The first kappa shape index (κ1) is 16.2. The Hall–Kier alpha value is 0.120. The topological polar surface area (TPSA) is 58.6 Å². The normalized spacial score (nSPS) is 24.1. The van der Waals surface area contributed by atoms with Gasteiger partial charge >= 0.3 is 0 Å². The molecule has 0 radical (unpaired) electrons. The highest BCUT2D eigenvalue weighted by molar-refractivity contribution is 7.87. The van der Waals surface area contributed by atoms with Crippen LogP contribution in [0.25, 0.3) is 0 Å². The number of halogens is 1. The predicted octanol–water partition coefficient (Wildman–Crippen LogP) is 1.34. The van der Waals surface area contributed by atoms with Crippen LogP contribution in [0.15, 0.2) is 0 Å². The first-order valence-electron chi connectivity index (χ1n) is 6.35. The van der Waals surface area contributed by atoms with Gasteiger partial charge in [-0.15, -0.1) is 11.6 Å². The van der Waals surface area contributed by atoms with Crippen molar-refractivity contribution in [1.29, 1.82) is 0 Å². The van der Waals surface area contributed by atoms with E-state index in [1.807, 2.05) is 6.92 Å². The molecule has 0 aromatic carbocycles. The minimum atomic E-state index is -3.43. The lowest BCUT2D eigenvalue weighted by atomic mass is 10.1. The Morgan fingerprint density at radius 2 is 2.22 bits per heavy atom. The van der Waals surface area contributed by atoms with Crippen molar-refractivity contribution in [3.05, 3.63) is 0 Å². The number of rotatable bonds is 7. The van der Waals surface area contributed by atoms with Gasteiger partial charge in [-0.25, -0.2) is 0 Å². The van der Waals surface area contributed by atoms with Gasteiger partial charge in [0, 0.05) is 31.6 Å². The highest BCUT2D eigenvalue weighted by Crippen LogP contribution is 2.19. The van der Waals surface area contributed by atoms with Gasteiger partial charge in [-0.05, 0) is 26.2 Å². The Labute approximate surface area is 115 Å². The summed E-state index contributed by atoms with van der Waals surface area (Å²) in [6.07, 6.45) is 3.51. The van der Waals surface area contributed by atoms with E-state index in [0.717, 1.165) is 19.3 Å². The highest BCUT2D eigenvalue weighted by atomic mass is 35.5. The number of hydrogen-bond acceptors (Lipinski definition) is 3. The lowest BCUT2D eigenvalue weighted by molar-refractivity contribution is 0.171. The fraction of sp³-hybridized carbons (Fsp3) is 1.00. The monoisotopic (exact) mass is 298 g/mol. The molecule has 1 fully saturated rings. The van der Waals surface area contributed by atoms with E-state index < -0.39 is 10.2 Å². The molecule has 0 saturated carbocycles. The molecule has 5 nitrogen and oxygen atoms in total. The standard InChI is InChI=1S/C11H23ClN2O3S/c1-10-5-3-4-8-14(10)18(15,16)13-11(6-7-12)9-17-2/h10-11,13H,3-9H2,1-2H3. The van der Waals surface area contributed by atoms with Gasteiger partial charge in [-0.1, -0.05) is 6.42 Å². The quantitative estimate of drug-likeness (QED) is 0.722. The molecule has 0 amide bonds. The third kappa shape index (κ3) is 4.66. The third-order valence-corrected chi connectivity index (χ3v) is 5.20. The summed E-state index contributed by atoms with van der Waals surface area (Å²) < 4.78 is 33.8. The van der Waals surface area contributed by atoms with Crippen molar-refractivity contribution in [2.24, 2.45) is 0 Å². The second-order valence-corrected chi connectivity index (χ2v) is 6.74. The molecule has 1 heterocycles. The maximum atomic E-state index is 12.3. The number of alkyl halides is 1. The van der Waals surface area contributed by atoms with Gasteiger partial charge < -0.3 is 4.74 Å². The lowest BCUT2D eigenvalue weighted by Gasteiger charge is -2.33. The summed E-state index contributed by atoms with van der Waals surface area (Å²) in [5, 5.41) is 0. The van der Waals surface area contributed by atoms with Crippen LogP contribution in [0.3, 0.4) is 0 Å². The minimum Gasteiger partial charge on any atom is -0.383 e. The van der Waals surface area contributed by atoms with Crippen LogP contribution in [0.4, 0.5) is 0 Å². The molecule has 0 spiro atoms. The van der Waals surface area contributed by atoms with Crippen LogP contribution < -0.4 is 4.72 Å². The third-order valence-electron chi connectivity index (χ3n) is 3.19. The molecule has 1 saturated heterocycles. The highest BCUT2D eigenvalue weighted by Gasteiger charge is 2.31. The van der Waals surface area contributed by atoms with Gasteiger partial charge in [0.15, 0.2) is 0 Å². The van der Waals surface area contributed by atoms with Crippen LogP contribution in [0.2, 0.25) is 0 Å². The first-order valence-corrected chi connectivity index (χ1v) is 8.32. The molecule has 18 heavy (non-hydrogen) atoms.